The number of fused-ring (bicyclic) bond motifs is 2. The van der Waals surface area contributed by atoms with Crippen molar-refractivity contribution in [2.75, 3.05) is 0 Å². The van der Waals surface area contributed by atoms with E-state index in [-0.39, 0.29) is 10.8 Å². The van der Waals surface area contributed by atoms with Gasteiger partial charge >= 0.3 is 5.97 Å². The SMILES string of the molecule is C/C=C/C=C(/C(=O)O)C1=CCCc2cc3c(cc21)C(C)(C)CCC3(C)C. The molecule has 0 atom stereocenters. The molecular formula is C24H30O2. The summed E-state index contributed by atoms with van der Waals surface area (Å²) in [6.45, 7) is 11.2. The van der Waals surface area contributed by atoms with Gasteiger partial charge in [-0.1, -0.05) is 58.1 Å². The molecule has 0 amide bonds. The predicted octanol–water partition coefficient (Wildman–Crippen LogP) is 5.95. The smallest absolute Gasteiger partial charge is 0.336 e. The first-order chi connectivity index (χ1) is 12.2. The van der Waals surface area contributed by atoms with Gasteiger partial charge in [-0.15, -0.1) is 0 Å². The molecule has 0 unspecified atom stereocenters. The van der Waals surface area contributed by atoms with Gasteiger partial charge in [0.15, 0.2) is 0 Å². The van der Waals surface area contributed by atoms with Crippen molar-refractivity contribution in [2.45, 2.75) is 71.1 Å². The van der Waals surface area contributed by atoms with Crippen molar-refractivity contribution in [1.29, 1.82) is 0 Å². The molecule has 0 spiro atoms. The van der Waals surface area contributed by atoms with Crippen LogP contribution < -0.4 is 0 Å². The minimum Gasteiger partial charge on any atom is -0.478 e. The predicted molar refractivity (Wildman–Crippen MR) is 109 cm³/mol. The van der Waals surface area contributed by atoms with E-state index in [0.29, 0.717) is 5.57 Å². The number of rotatable bonds is 3. The maximum Gasteiger partial charge on any atom is 0.336 e. The number of aryl methyl sites for hydroxylation is 1. The van der Waals surface area contributed by atoms with Gasteiger partial charge < -0.3 is 5.11 Å². The summed E-state index contributed by atoms with van der Waals surface area (Å²) < 4.78 is 0. The molecular weight excluding hydrogens is 320 g/mol. The van der Waals surface area contributed by atoms with Gasteiger partial charge in [-0.2, -0.15) is 0 Å². The molecule has 2 aliphatic carbocycles. The molecule has 2 heteroatoms. The third kappa shape index (κ3) is 3.18. The van der Waals surface area contributed by atoms with Gasteiger partial charge in [0.1, 0.15) is 0 Å². The van der Waals surface area contributed by atoms with Gasteiger partial charge in [-0.25, -0.2) is 4.79 Å². The highest BCUT2D eigenvalue weighted by Gasteiger charge is 2.38. The zero-order chi connectivity index (χ0) is 19.1. The lowest BCUT2D eigenvalue weighted by Crippen LogP contribution is -2.34. The quantitative estimate of drug-likeness (QED) is 0.540. The Morgan fingerprint density at radius 3 is 2.27 bits per heavy atom. The minimum atomic E-state index is -0.862. The van der Waals surface area contributed by atoms with Crippen LogP contribution in [0.2, 0.25) is 0 Å². The Bertz CT molecular complexity index is 832. The largest absolute Gasteiger partial charge is 0.478 e. The summed E-state index contributed by atoms with van der Waals surface area (Å²) in [5.41, 5.74) is 6.80. The number of aliphatic carboxylic acids is 1. The molecule has 26 heavy (non-hydrogen) atoms. The zero-order valence-electron chi connectivity index (χ0n) is 16.6. The first-order valence-corrected chi connectivity index (χ1v) is 9.62. The first kappa shape index (κ1) is 18.7. The molecule has 2 nitrogen and oxygen atoms in total. The van der Waals surface area contributed by atoms with E-state index in [1.807, 2.05) is 19.1 Å². The van der Waals surface area contributed by atoms with E-state index in [2.05, 4.69) is 45.9 Å². The van der Waals surface area contributed by atoms with E-state index >= 15 is 0 Å². The van der Waals surface area contributed by atoms with Crippen LogP contribution in [-0.4, -0.2) is 11.1 Å². The molecule has 0 saturated carbocycles. The molecule has 2 aliphatic rings. The van der Waals surface area contributed by atoms with Crippen LogP contribution in [0.25, 0.3) is 5.57 Å². The highest BCUT2D eigenvalue weighted by atomic mass is 16.4. The van der Waals surface area contributed by atoms with Gasteiger partial charge in [-0.3, -0.25) is 0 Å². The van der Waals surface area contributed by atoms with Crippen LogP contribution in [-0.2, 0) is 22.0 Å². The number of carboxylic acid groups (broad SMARTS) is 1. The standard InChI is InChI=1S/C24H30O2/c1-6-7-10-18(22(25)26)17-11-8-9-16-14-20-21(15-19(16)17)24(4,5)13-12-23(20,2)3/h6-7,10-11,14-15H,8-9,12-13H2,1-5H3,(H,25,26)/b7-6+,18-10+. The Labute approximate surface area is 157 Å². The Morgan fingerprint density at radius 1 is 1.08 bits per heavy atom. The lowest BCUT2D eigenvalue weighted by Gasteiger charge is -2.43. The van der Waals surface area contributed by atoms with Gasteiger partial charge in [0.05, 0.1) is 5.57 Å². The summed E-state index contributed by atoms with van der Waals surface area (Å²) >= 11 is 0. The van der Waals surface area contributed by atoms with Crippen molar-refractivity contribution in [3.63, 3.8) is 0 Å². The van der Waals surface area contributed by atoms with Crippen LogP contribution in [0.1, 0.15) is 76.1 Å². The Kier molecular flexibility index (Phi) is 4.72. The van der Waals surface area contributed by atoms with Crippen molar-refractivity contribution in [3.05, 3.63) is 64.3 Å². The Morgan fingerprint density at radius 2 is 1.69 bits per heavy atom. The zero-order valence-corrected chi connectivity index (χ0v) is 16.6. The molecule has 0 bridgehead atoms. The molecule has 1 N–H and O–H groups in total. The summed E-state index contributed by atoms with van der Waals surface area (Å²) in [7, 11) is 0. The van der Waals surface area contributed by atoms with Gasteiger partial charge in [0.2, 0.25) is 0 Å². The molecule has 1 aromatic rings. The summed E-state index contributed by atoms with van der Waals surface area (Å²) in [6, 6.07) is 4.66. The number of hydrogen-bond acceptors (Lipinski definition) is 1. The van der Waals surface area contributed by atoms with Crippen LogP contribution in [0.3, 0.4) is 0 Å². The van der Waals surface area contributed by atoms with Crippen LogP contribution in [0.15, 0.2) is 42.0 Å². The van der Waals surface area contributed by atoms with Gasteiger partial charge in [0.25, 0.3) is 0 Å². The summed E-state index contributed by atoms with van der Waals surface area (Å²) in [5, 5.41) is 9.76. The van der Waals surface area contributed by atoms with E-state index in [4.69, 9.17) is 0 Å². The van der Waals surface area contributed by atoms with E-state index in [1.165, 1.54) is 23.1 Å². The summed E-state index contributed by atoms with van der Waals surface area (Å²) in [5.74, 6) is -0.862. The maximum absolute atomic E-state index is 11.9. The summed E-state index contributed by atoms with van der Waals surface area (Å²) in [6.07, 6.45) is 11.7. The highest BCUT2D eigenvalue weighted by Crippen LogP contribution is 2.48. The third-order valence-corrected chi connectivity index (χ3v) is 6.10. The second-order valence-corrected chi connectivity index (χ2v) is 8.89. The van der Waals surface area contributed by atoms with Crippen LogP contribution >= 0.6 is 0 Å². The van der Waals surface area contributed by atoms with Crippen LogP contribution in [0.4, 0.5) is 0 Å². The Balaban J connectivity index is 2.21. The molecule has 0 heterocycles. The monoisotopic (exact) mass is 350 g/mol. The number of allylic oxidation sites excluding steroid dienone is 4. The van der Waals surface area contributed by atoms with E-state index in [1.54, 1.807) is 6.08 Å². The van der Waals surface area contributed by atoms with Crippen LogP contribution in [0.5, 0.6) is 0 Å². The van der Waals surface area contributed by atoms with Gasteiger partial charge in [0, 0.05) is 0 Å². The second kappa shape index (κ2) is 6.57. The number of hydrogen-bond donors (Lipinski definition) is 1. The fourth-order valence-electron chi connectivity index (χ4n) is 4.32. The maximum atomic E-state index is 11.9. The van der Waals surface area contributed by atoms with E-state index in [0.717, 1.165) is 30.4 Å². The topological polar surface area (TPSA) is 37.3 Å². The normalized spacial score (nSPS) is 21.1. The fraction of sp³-hybridized carbons (Fsp3) is 0.458. The van der Waals surface area contributed by atoms with Crippen molar-refractivity contribution in [2.24, 2.45) is 0 Å². The second-order valence-electron chi connectivity index (χ2n) is 8.89. The van der Waals surface area contributed by atoms with Crippen LogP contribution in [0, 0.1) is 0 Å². The fourth-order valence-corrected chi connectivity index (χ4v) is 4.32. The van der Waals surface area contributed by atoms with E-state index < -0.39 is 5.97 Å². The highest BCUT2D eigenvalue weighted by molar-refractivity contribution is 6.06. The molecule has 3 rings (SSSR count). The number of carboxylic acids is 1. The average molecular weight is 351 g/mol. The van der Waals surface area contributed by atoms with Crippen molar-refractivity contribution in [3.8, 4) is 0 Å². The van der Waals surface area contributed by atoms with Gasteiger partial charge in [-0.05, 0) is 77.3 Å². The summed E-state index contributed by atoms with van der Waals surface area (Å²) in [4.78, 5) is 11.9. The third-order valence-electron chi connectivity index (χ3n) is 6.10. The number of benzene rings is 1. The molecule has 138 valence electrons. The van der Waals surface area contributed by atoms with Crippen molar-refractivity contribution < 1.29 is 9.90 Å². The lowest BCUT2D eigenvalue weighted by atomic mass is 9.62. The minimum absolute atomic E-state index is 0.124. The molecule has 1 aromatic carbocycles. The average Bonchev–Trinajstić information content (AvgIpc) is 2.58. The molecule has 0 aliphatic heterocycles. The molecule has 0 radical (unpaired) electrons. The van der Waals surface area contributed by atoms with Crippen molar-refractivity contribution in [1.82, 2.24) is 0 Å². The van der Waals surface area contributed by atoms with Crippen molar-refractivity contribution >= 4 is 11.5 Å². The molecule has 0 fully saturated rings. The molecule has 0 aromatic heterocycles. The molecule has 0 saturated heterocycles. The first-order valence-electron chi connectivity index (χ1n) is 9.62. The lowest BCUT2D eigenvalue weighted by molar-refractivity contribution is -0.132. The Hall–Kier alpha value is -2.09. The number of carbonyl (C=O) groups is 1. The van der Waals surface area contributed by atoms with E-state index in [9.17, 15) is 9.90 Å².